The molecule has 2 N–H and O–H groups in total. The molecule has 0 radical (unpaired) electrons. The molecule has 11 heteroatoms. The molecule has 0 amide bonds. The van der Waals surface area contributed by atoms with Gasteiger partial charge in [0, 0.05) is 9.90 Å². The maximum Gasteiger partial charge on any atom is 0.432 e. The molecule has 26 heavy (non-hydrogen) atoms. The number of aryl methyl sites for hydroxylation is 1. The molecule has 5 nitrogen and oxygen atoms in total. The Balaban J connectivity index is 1.93. The lowest BCUT2D eigenvalue weighted by Crippen LogP contribution is -2.13. The molecule has 0 aliphatic carbocycles. The summed E-state index contributed by atoms with van der Waals surface area (Å²) in [6.07, 6.45) is -4.55. The van der Waals surface area contributed by atoms with Gasteiger partial charge < -0.3 is 0 Å². The molecule has 3 aromatic rings. The summed E-state index contributed by atoms with van der Waals surface area (Å²) in [7, 11) is -3.93. The summed E-state index contributed by atoms with van der Waals surface area (Å²) < 4.78 is 65.6. The molecule has 0 saturated heterocycles. The molecule has 0 bridgehead atoms. The lowest BCUT2D eigenvalue weighted by atomic mass is 10.3. The van der Waals surface area contributed by atoms with Crippen LogP contribution in [0.2, 0.25) is 5.02 Å². The van der Waals surface area contributed by atoms with Gasteiger partial charge >= 0.3 is 6.18 Å². The van der Waals surface area contributed by atoms with Gasteiger partial charge in [0.15, 0.2) is 0 Å². The molecule has 0 fully saturated rings. The highest BCUT2D eigenvalue weighted by Gasteiger charge is 2.33. The van der Waals surface area contributed by atoms with Gasteiger partial charge in [-0.1, -0.05) is 17.7 Å². The van der Waals surface area contributed by atoms with Gasteiger partial charge in [-0.2, -0.15) is 18.3 Å². The first-order valence-corrected chi connectivity index (χ1v) is 9.76. The number of hydrogen-bond acceptors (Lipinski definition) is 4. The third-order valence-corrected chi connectivity index (χ3v) is 6.32. The number of aromatic nitrogens is 2. The number of H-pyrrole nitrogens is 1. The molecular formula is C15H11ClF3N3O2S2. The Kier molecular flexibility index (Phi) is 4.76. The number of hydrogen-bond donors (Lipinski definition) is 2. The Hall–Kier alpha value is -2.04. The van der Waals surface area contributed by atoms with Crippen LogP contribution in [-0.2, 0) is 16.2 Å². The van der Waals surface area contributed by atoms with Crippen molar-refractivity contribution in [1.82, 2.24) is 10.2 Å². The first-order valence-electron chi connectivity index (χ1n) is 7.08. The van der Waals surface area contributed by atoms with Gasteiger partial charge in [0.1, 0.15) is 16.3 Å². The van der Waals surface area contributed by atoms with Gasteiger partial charge in [-0.05, 0) is 37.3 Å². The molecule has 0 spiro atoms. The molecule has 0 aliphatic heterocycles. The second-order valence-electron chi connectivity index (χ2n) is 5.31. The third kappa shape index (κ3) is 3.87. The fourth-order valence-electron chi connectivity index (χ4n) is 2.21. The highest BCUT2D eigenvalue weighted by atomic mass is 35.5. The zero-order valence-electron chi connectivity index (χ0n) is 13.1. The summed E-state index contributed by atoms with van der Waals surface area (Å²) >= 11 is 6.87. The van der Waals surface area contributed by atoms with Crippen LogP contribution < -0.4 is 4.72 Å². The van der Waals surface area contributed by atoms with E-state index in [1.54, 1.807) is 19.1 Å². The third-order valence-electron chi connectivity index (χ3n) is 3.37. The van der Waals surface area contributed by atoms with E-state index in [2.05, 4.69) is 9.82 Å². The van der Waals surface area contributed by atoms with E-state index in [1.165, 1.54) is 18.2 Å². The Morgan fingerprint density at radius 3 is 2.58 bits per heavy atom. The minimum absolute atomic E-state index is 0.0228. The molecule has 3 rings (SSSR count). The van der Waals surface area contributed by atoms with Gasteiger partial charge in [-0.3, -0.25) is 9.82 Å². The quantitative estimate of drug-likeness (QED) is 0.627. The molecule has 1 aromatic carbocycles. The minimum Gasteiger partial charge on any atom is -0.280 e. The summed E-state index contributed by atoms with van der Waals surface area (Å²) in [6, 6.07) is 8.31. The fourth-order valence-corrected chi connectivity index (χ4v) is 5.01. The number of halogens is 4. The molecule has 138 valence electrons. The van der Waals surface area contributed by atoms with Crippen molar-refractivity contribution in [2.24, 2.45) is 0 Å². The minimum atomic E-state index is -4.55. The largest absolute Gasteiger partial charge is 0.432 e. The smallest absolute Gasteiger partial charge is 0.280 e. The number of thiophene rings is 1. The highest BCUT2D eigenvalue weighted by molar-refractivity contribution is 7.93. The summed E-state index contributed by atoms with van der Waals surface area (Å²) in [6.45, 7) is 1.57. The Morgan fingerprint density at radius 2 is 1.96 bits per heavy atom. The van der Waals surface area contributed by atoms with Crippen molar-refractivity contribution in [1.29, 1.82) is 0 Å². The predicted octanol–water partition coefficient (Wildman–Crippen LogP) is 4.92. The van der Waals surface area contributed by atoms with E-state index in [-0.39, 0.29) is 16.3 Å². The Morgan fingerprint density at radius 1 is 1.23 bits per heavy atom. The molecule has 0 saturated carbocycles. The standard InChI is InChI=1S/C15H11ClF3N3O2S2/c1-8-13(26(23,24)22-10-4-2-3-9(16)5-10)7-12(25-8)11-6-14(21-20-11)15(17,18)19/h2-7,22H,1H3,(H,20,21). The number of benzene rings is 1. The number of alkyl halides is 3. The number of rotatable bonds is 4. The molecule has 0 unspecified atom stereocenters. The van der Waals surface area contributed by atoms with Gasteiger partial charge in [0.2, 0.25) is 0 Å². The van der Waals surface area contributed by atoms with Crippen LogP contribution in [0.4, 0.5) is 18.9 Å². The average molecular weight is 422 g/mol. The average Bonchev–Trinajstić information content (AvgIpc) is 3.12. The van der Waals surface area contributed by atoms with E-state index < -0.39 is 21.9 Å². The van der Waals surface area contributed by atoms with Gasteiger partial charge in [0.25, 0.3) is 10.0 Å². The van der Waals surface area contributed by atoms with Crippen LogP contribution in [0.3, 0.4) is 0 Å². The summed E-state index contributed by atoms with van der Waals surface area (Å²) in [4.78, 5) is 0.695. The first kappa shape index (κ1) is 18.7. The normalized spacial score (nSPS) is 12.3. The van der Waals surface area contributed by atoms with Gasteiger partial charge in [-0.25, -0.2) is 8.42 Å². The molecule has 0 aliphatic rings. The monoisotopic (exact) mass is 421 g/mol. The van der Waals surface area contributed by atoms with E-state index in [0.29, 0.717) is 14.8 Å². The second kappa shape index (κ2) is 6.60. The SMILES string of the molecule is Cc1sc(-c2cc(C(F)(F)F)[nH]n2)cc1S(=O)(=O)Nc1cccc(Cl)c1. The van der Waals surface area contributed by atoms with Crippen molar-refractivity contribution < 1.29 is 21.6 Å². The van der Waals surface area contributed by atoms with Crippen LogP contribution in [-0.4, -0.2) is 18.6 Å². The van der Waals surface area contributed by atoms with E-state index in [0.717, 1.165) is 17.4 Å². The van der Waals surface area contributed by atoms with Crippen LogP contribution in [0.1, 0.15) is 10.6 Å². The Labute approximate surface area is 155 Å². The van der Waals surface area contributed by atoms with Crippen molar-refractivity contribution in [3.63, 3.8) is 0 Å². The molecule has 2 heterocycles. The zero-order valence-corrected chi connectivity index (χ0v) is 15.4. The van der Waals surface area contributed by atoms with Crippen molar-refractivity contribution in [3.8, 4) is 10.6 Å². The van der Waals surface area contributed by atoms with Crippen molar-refractivity contribution >= 4 is 38.6 Å². The lowest BCUT2D eigenvalue weighted by molar-refractivity contribution is -0.141. The lowest BCUT2D eigenvalue weighted by Gasteiger charge is -2.07. The molecule has 2 aromatic heterocycles. The number of aromatic amines is 1. The topological polar surface area (TPSA) is 74.8 Å². The highest BCUT2D eigenvalue weighted by Crippen LogP contribution is 2.36. The maximum atomic E-state index is 12.7. The van der Waals surface area contributed by atoms with Crippen molar-refractivity contribution in [2.75, 3.05) is 4.72 Å². The number of anilines is 1. The van der Waals surface area contributed by atoms with Crippen LogP contribution in [0.5, 0.6) is 0 Å². The van der Waals surface area contributed by atoms with E-state index in [1.807, 2.05) is 5.10 Å². The first-order chi connectivity index (χ1) is 12.1. The van der Waals surface area contributed by atoms with Crippen LogP contribution in [0.15, 0.2) is 41.3 Å². The molecular weight excluding hydrogens is 411 g/mol. The second-order valence-corrected chi connectivity index (χ2v) is 8.66. The zero-order chi connectivity index (χ0) is 19.1. The van der Waals surface area contributed by atoms with E-state index in [4.69, 9.17) is 11.6 Å². The maximum absolute atomic E-state index is 12.7. The van der Waals surface area contributed by atoms with E-state index in [9.17, 15) is 21.6 Å². The summed E-state index contributed by atoms with van der Waals surface area (Å²) in [5, 5.41) is 5.89. The summed E-state index contributed by atoms with van der Waals surface area (Å²) in [5.74, 6) is 0. The number of nitrogens with zero attached hydrogens (tertiary/aromatic N) is 1. The fraction of sp³-hybridized carbons (Fsp3) is 0.133. The number of nitrogens with one attached hydrogen (secondary N) is 2. The van der Waals surface area contributed by atoms with Crippen molar-refractivity contribution in [3.05, 3.63) is 52.0 Å². The summed E-state index contributed by atoms with van der Waals surface area (Å²) in [5.41, 5.74) is -0.696. The van der Waals surface area contributed by atoms with Crippen molar-refractivity contribution in [2.45, 2.75) is 18.0 Å². The van der Waals surface area contributed by atoms with Gasteiger partial charge in [-0.15, -0.1) is 11.3 Å². The predicted molar refractivity (Wildman–Crippen MR) is 93.9 cm³/mol. The van der Waals surface area contributed by atoms with E-state index >= 15 is 0 Å². The molecule has 0 atom stereocenters. The van der Waals surface area contributed by atoms with Crippen LogP contribution >= 0.6 is 22.9 Å². The van der Waals surface area contributed by atoms with Gasteiger partial charge in [0.05, 0.1) is 10.6 Å². The van der Waals surface area contributed by atoms with Crippen LogP contribution in [0, 0.1) is 6.92 Å². The number of sulfonamides is 1. The Bertz CT molecular complexity index is 1060. The van der Waals surface area contributed by atoms with Crippen LogP contribution in [0.25, 0.3) is 10.6 Å².